The number of halogens is 2. The molecule has 1 aromatic rings. The number of hydrogen-bond donors (Lipinski definition) is 1. The Hall–Kier alpha value is -1.37. The van der Waals surface area contributed by atoms with E-state index in [1.54, 1.807) is 31.2 Å². The van der Waals surface area contributed by atoms with Gasteiger partial charge in [0.15, 0.2) is 6.10 Å². The molecule has 1 amide bonds. The third kappa shape index (κ3) is 4.99. The molecule has 0 radical (unpaired) electrons. The summed E-state index contributed by atoms with van der Waals surface area (Å²) in [5.41, 5.74) is 0.497. The van der Waals surface area contributed by atoms with Crippen LogP contribution in [0.3, 0.4) is 0 Å². The Morgan fingerprint density at radius 2 is 2.24 bits per heavy atom. The van der Waals surface area contributed by atoms with Crippen LogP contribution in [-0.4, -0.2) is 18.1 Å². The number of anilines is 1. The summed E-state index contributed by atoms with van der Waals surface area (Å²) in [6.45, 7) is 1.66. The summed E-state index contributed by atoms with van der Waals surface area (Å²) in [6, 6.07) is 6.89. The summed E-state index contributed by atoms with van der Waals surface area (Å²) in [4.78, 5) is 11.4. The SMILES string of the molecule is CC(C#CCCl)OC(=O)Nc1ccccc1Cl. The number of alkyl halides is 1. The smallest absolute Gasteiger partial charge is 0.412 e. The lowest BCUT2D eigenvalue weighted by Crippen LogP contribution is -2.19. The van der Waals surface area contributed by atoms with Crippen LogP contribution in [0.15, 0.2) is 24.3 Å². The molecule has 0 saturated carbocycles. The van der Waals surface area contributed by atoms with Crippen LogP contribution in [0.25, 0.3) is 0 Å². The van der Waals surface area contributed by atoms with Crippen molar-refractivity contribution in [1.82, 2.24) is 0 Å². The maximum atomic E-state index is 11.4. The van der Waals surface area contributed by atoms with E-state index in [1.807, 2.05) is 0 Å². The Bertz CT molecular complexity index is 451. The van der Waals surface area contributed by atoms with E-state index in [4.69, 9.17) is 27.9 Å². The van der Waals surface area contributed by atoms with Crippen molar-refractivity contribution in [2.24, 2.45) is 0 Å². The molecule has 0 aliphatic carbocycles. The van der Waals surface area contributed by atoms with Gasteiger partial charge in [-0.3, -0.25) is 5.32 Å². The molecule has 5 heteroatoms. The van der Waals surface area contributed by atoms with Gasteiger partial charge in [-0.1, -0.05) is 35.6 Å². The summed E-state index contributed by atoms with van der Waals surface area (Å²) < 4.78 is 4.97. The minimum Gasteiger partial charge on any atom is -0.433 e. The van der Waals surface area contributed by atoms with Gasteiger partial charge in [-0.05, 0) is 19.1 Å². The zero-order valence-corrected chi connectivity index (χ0v) is 10.7. The topological polar surface area (TPSA) is 38.3 Å². The maximum absolute atomic E-state index is 11.4. The molecular weight excluding hydrogens is 261 g/mol. The molecule has 0 aliphatic heterocycles. The van der Waals surface area contributed by atoms with Crippen LogP contribution >= 0.6 is 23.2 Å². The second-order valence-corrected chi connectivity index (χ2v) is 3.78. The molecular formula is C12H11Cl2NO2. The van der Waals surface area contributed by atoms with Crippen molar-refractivity contribution >= 4 is 35.0 Å². The van der Waals surface area contributed by atoms with Crippen molar-refractivity contribution in [3.8, 4) is 11.8 Å². The molecule has 0 saturated heterocycles. The molecule has 1 aromatic carbocycles. The van der Waals surface area contributed by atoms with Crippen LogP contribution in [0.2, 0.25) is 5.02 Å². The van der Waals surface area contributed by atoms with Crippen LogP contribution in [0.4, 0.5) is 10.5 Å². The molecule has 0 fully saturated rings. The highest BCUT2D eigenvalue weighted by molar-refractivity contribution is 6.33. The fourth-order valence-corrected chi connectivity index (χ4v) is 1.33. The molecule has 1 atom stereocenters. The molecule has 3 nitrogen and oxygen atoms in total. The van der Waals surface area contributed by atoms with E-state index in [2.05, 4.69) is 17.2 Å². The largest absolute Gasteiger partial charge is 0.433 e. The quantitative estimate of drug-likeness (QED) is 0.660. The Morgan fingerprint density at radius 3 is 2.88 bits per heavy atom. The lowest BCUT2D eigenvalue weighted by atomic mass is 10.3. The Morgan fingerprint density at radius 1 is 1.53 bits per heavy atom. The van der Waals surface area contributed by atoms with E-state index in [9.17, 15) is 4.79 Å². The van der Waals surface area contributed by atoms with Crippen LogP contribution in [-0.2, 0) is 4.74 Å². The fourth-order valence-electron chi connectivity index (χ4n) is 1.07. The zero-order chi connectivity index (χ0) is 12.7. The van der Waals surface area contributed by atoms with Gasteiger partial charge >= 0.3 is 6.09 Å². The van der Waals surface area contributed by atoms with Crippen molar-refractivity contribution in [2.45, 2.75) is 13.0 Å². The number of ether oxygens (including phenoxy) is 1. The summed E-state index contributed by atoms with van der Waals surface area (Å²) in [5, 5.41) is 2.97. The van der Waals surface area contributed by atoms with Crippen LogP contribution in [0, 0.1) is 11.8 Å². The average molecular weight is 272 g/mol. The summed E-state index contributed by atoms with van der Waals surface area (Å²) in [5.74, 6) is 5.49. The third-order valence-corrected chi connectivity index (χ3v) is 2.23. The molecule has 0 bridgehead atoms. The molecule has 0 spiro atoms. The normalized spacial score (nSPS) is 11.0. The lowest BCUT2D eigenvalue weighted by Gasteiger charge is -2.09. The van der Waals surface area contributed by atoms with E-state index in [-0.39, 0.29) is 5.88 Å². The predicted molar refractivity (Wildman–Crippen MR) is 69.5 cm³/mol. The fraction of sp³-hybridized carbons (Fsp3) is 0.250. The van der Waals surface area contributed by atoms with Crippen molar-refractivity contribution in [3.05, 3.63) is 29.3 Å². The molecule has 1 rings (SSSR count). The van der Waals surface area contributed by atoms with Gasteiger partial charge in [0, 0.05) is 0 Å². The van der Waals surface area contributed by atoms with Crippen molar-refractivity contribution < 1.29 is 9.53 Å². The van der Waals surface area contributed by atoms with Crippen molar-refractivity contribution in [2.75, 3.05) is 11.2 Å². The zero-order valence-electron chi connectivity index (χ0n) is 9.17. The predicted octanol–water partition coefficient (Wildman–Crippen LogP) is 3.52. The first-order chi connectivity index (χ1) is 8.13. The monoisotopic (exact) mass is 271 g/mol. The van der Waals surface area contributed by atoms with Gasteiger partial charge in [-0.2, -0.15) is 0 Å². The highest BCUT2D eigenvalue weighted by atomic mass is 35.5. The van der Waals surface area contributed by atoms with Crippen molar-refractivity contribution in [1.29, 1.82) is 0 Å². The standard InChI is InChI=1S/C12H11Cl2NO2/c1-9(5-4-8-13)17-12(16)15-11-7-3-2-6-10(11)14/h2-3,6-7,9H,8H2,1H3,(H,15,16). The second-order valence-electron chi connectivity index (χ2n) is 3.11. The van der Waals surface area contributed by atoms with Gasteiger partial charge in [-0.15, -0.1) is 11.6 Å². The number of para-hydroxylation sites is 1. The van der Waals surface area contributed by atoms with Gasteiger partial charge in [0.05, 0.1) is 16.6 Å². The molecule has 17 heavy (non-hydrogen) atoms. The van der Waals surface area contributed by atoms with E-state index < -0.39 is 12.2 Å². The number of benzene rings is 1. The summed E-state index contributed by atoms with van der Waals surface area (Å²) >= 11 is 11.3. The first-order valence-corrected chi connectivity index (χ1v) is 5.81. The van der Waals surface area contributed by atoms with E-state index in [1.165, 1.54) is 0 Å². The summed E-state index contributed by atoms with van der Waals surface area (Å²) in [6.07, 6.45) is -1.12. The minimum atomic E-state index is -0.602. The summed E-state index contributed by atoms with van der Waals surface area (Å²) in [7, 11) is 0. The first-order valence-electron chi connectivity index (χ1n) is 4.90. The molecule has 90 valence electrons. The Labute approximate surface area is 110 Å². The number of amides is 1. The first kappa shape index (κ1) is 13.7. The van der Waals surface area contributed by atoms with Gasteiger partial charge < -0.3 is 4.74 Å². The highest BCUT2D eigenvalue weighted by Crippen LogP contribution is 2.20. The second kappa shape index (κ2) is 7.05. The Balaban J connectivity index is 2.53. The number of carbonyl (C=O) groups excluding carboxylic acids is 1. The van der Waals surface area contributed by atoms with E-state index in [0.717, 1.165) is 0 Å². The molecule has 0 heterocycles. The van der Waals surface area contributed by atoms with Crippen molar-refractivity contribution in [3.63, 3.8) is 0 Å². The van der Waals surface area contributed by atoms with E-state index in [0.29, 0.717) is 10.7 Å². The maximum Gasteiger partial charge on any atom is 0.412 e. The molecule has 0 aromatic heterocycles. The number of carbonyl (C=O) groups is 1. The number of nitrogens with one attached hydrogen (secondary N) is 1. The molecule has 1 unspecified atom stereocenters. The molecule has 1 N–H and O–H groups in total. The van der Waals surface area contributed by atoms with Crippen LogP contribution < -0.4 is 5.32 Å². The minimum absolute atomic E-state index is 0.208. The van der Waals surface area contributed by atoms with Crippen LogP contribution in [0.5, 0.6) is 0 Å². The van der Waals surface area contributed by atoms with Gasteiger partial charge in [-0.25, -0.2) is 4.79 Å². The highest BCUT2D eigenvalue weighted by Gasteiger charge is 2.08. The number of rotatable bonds is 2. The Kier molecular flexibility index (Phi) is 5.68. The lowest BCUT2D eigenvalue weighted by molar-refractivity contribution is 0.145. The van der Waals surface area contributed by atoms with Gasteiger partial charge in [0.25, 0.3) is 0 Å². The number of hydrogen-bond acceptors (Lipinski definition) is 2. The average Bonchev–Trinajstić information content (AvgIpc) is 2.29. The van der Waals surface area contributed by atoms with Gasteiger partial charge in [0.1, 0.15) is 0 Å². The van der Waals surface area contributed by atoms with Gasteiger partial charge in [0.2, 0.25) is 0 Å². The third-order valence-electron chi connectivity index (χ3n) is 1.77. The van der Waals surface area contributed by atoms with Crippen LogP contribution in [0.1, 0.15) is 6.92 Å². The van der Waals surface area contributed by atoms with E-state index >= 15 is 0 Å². The molecule has 0 aliphatic rings.